The number of rotatable bonds is 8. The van der Waals surface area contributed by atoms with E-state index in [1.54, 1.807) is 27.7 Å². The van der Waals surface area contributed by atoms with Crippen LogP contribution in [0.3, 0.4) is 0 Å². The Labute approximate surface area is 249 Å². The summed E-state index contributed by atoms with van der Waals surface area (Å²) >= 11 is 0. The third-order valence-corrected chi connectivity index (χ3v) is 9.17. The molecule has 2 amide bonds. The van der Waals surface area contributed by atoms with E-state index in [0.29, 0.717) is 68.6 Å². The number of ether oxygens (including phenoxy) is 1. The molecular formula is C30H40F2N8O3. The highest BCUT2D eigenvalue weighted by atomic mass is 19.3. The minimum Gasteiger partial charge on any atom is -0.381 e. The minimum absolute atomic E-state index is 0.0246. The molecular weight excluding hydrogens is 558 g/mol. The molecule has 5 heterocycles. The molecule has 13 heteroatoms. The monoisotopic (exact) mass is 598 g/mol. The first kappa shape index (κ1) is 29.6. The Hall–Kier alpha value is -3.48. The molecule has 0 spiro atoms. The molecule has 4 atom stereocenters. The molecule has 3 aromatic heterocycles. The van der Waals surface area contributed by atoms with Crippen LogP contribution in [-0.4, -0.2) is 66.9 Å². The van der Waals surface area contributed by atoms with Crippen LogP contribution in [0.4, 0.5) is 8.78 Å². The van der Waals surface area contributed by atoms with Gasteiger partial charge in [-0.15, -0.1) is 0 Å². The molecule has 3 aromatic rings. The molecule has 0 radical (unpaired) electrons. The van der Waals surface area contributed by atoms with Gasteiger partial charge in [-0.3, -0.25) is 14.3 Å². The van der Waals surface area contributed by atoms with Gasteiger partial charge in [0, 0.05) is 63.6 Å². The third-order valence-electron chi connectivity index (χ3n) is 9.17. The van der Waals surface area contributed by atoms with E-state index in [0.717, 1.165) is 30.7 Å². The first-order valence-corrected chi connectivity index (χ1v) is 15.5. The van der Waals surface area contributed by atoms with Gasteiger partial charge in [-0.2, -0.15) is 10.2 Å². The first-order valence-electron chi connectivity index (χ1n) is 15.5. The number of piperidine rings is 1. The maximum absolute atomic E-state index is 14.6. The van der Waals surface area contributed by atoms with Crippen LogP contribution in [-0.2, 0) is 22.5 Å². The van der Waals surface area contributed by atoms with E-state index in [-0.39, 0.29) is 30.6 Å². The maximum atomic E-state index is 14.6. The van der Waals surface area contributed by atoms with Gasteiger partial charge in [0.1, 0.15) is 5.69 Å². The van der Waals surface area contributed by atoms with Crippen molar-refractivity contribution in [2.75, 3.05) is 19.8 Å². The Morgan fingerprint density at radius 3 is 2.84 bits per heavy atom. The van der Waals surface area contributed by atoms with Crippen LogP contribution in [0.1, 0.15) is 98.3 Å². The second-order valence-corrected chi connectivity index (χ2v) is 12.4. The molecule has 6 rings (SSSR count). The van der Waals surface area contributed by atoms with Gasteiger partial charge in [-0.05, 0) is 56.9 Å². The molecule has 3 aliphatic rings. The van der Waals surface area contributed by atoms with Gasteiger partial charge in [0.25, 0.3) is 11.7 Å². The zero-order valence-corrected chi connectivity index (χ0v) is 24.8. The molecule has 11 nitrogen and oxygen atoms in total. The lowest BCUT2D eigenvalue weighted by molar-refractivity contribution is -0.127. The van der Waals surface area contributed by atoms with Gasteiger partial charge in [-0.1, -0.05) is 6.92 Å². The van der Waals surface area contributed by atoms with Crippen LogP contribution in [0, 0.1) is 17.8 Å². The highest BCUT2D eigenvalue weighted by Gasteiger charge is 2.41. The van der Waals surface area contributed by atoms with E-state index in [2.05, 4.69) is 22.7 Å². The van der Waals surface area contributed by atoms with Crippen molar-refractivity contribution in [2.24, 2.45) is 17.8 Å². The van der Waals surface area contributed by atoms with Gasteiger partial charge in [0.2, 0.25) is 11.8 Å². The van der Waals surface area contributed by atoms with Gasteiger partial charge >= 0.3 is 0 Å². The van der Waals surface area contributed by atoms with Gasteiger partial charge in [0.15, 0.2) is 0 Å². The van der Waals surface area contributed by atoms with Crippen LogP contribution in [0.25, 0.3) is 5.78 Å². The molecule has 2 aliphatic heterocycles. The van der Waals surface area contributed by atoms with Crippen molar-refractivity contribution in [1.29, 1.82) is 0 Å². The van der Waals surface area contributed by atoms with Crippen LogP contribution in [0.2, 0.25) is 0 Å². The third kappa shape index (κ3) is 6.41. The summed E-state index contributed by atoms with van der Waals surface area (Å²) in [5.41, 5.74) is 2.36. The highest BCUT2D eigenvalue weighted by Crippen LogP contribution is 2.42. The number of fused-ring (bicyclic) bond motifs is 1. The average molecular weight is 599 g/mol. The molecule has 1 aliphatic carbocycles. The lowest BCUT2D eigenvalue weighted by Crippen LogP contribution is -2.41. The molecule has 1 saturated carbocycles. The lowest BCUT2D eigenvalue weighted by Gasteiger charge is -2.34. The van der Waals surface area contributed by atoms with Crippen molar-refractivity contribution in [3.8, 4) is 0 Å². The second-order valence-electron chi connectivity index (χ2n) is 12.4. The number of hydrogen-bond donors (Lipinski definition) is 2. The number of carbonyl (C=O) groups excluding carboxylic acids is 2. The maximum Gasteiger partial charge on any atom is 0.270 e. The van der Waals surface area contributed by atoms with Crippen LogP contribution in [0.15, 0.2) is 18.5 Å². The van der Waals surface area contributed by atoms with E-state index >= 15 is 0 Å². The number of nitrogens with one attached hydrogen (secondary N) is 2. The number of aryl methyl sites for hydroxylation is 1. The number of imidazole rings is 1. The summed E-state index contributed by atoms with van der Waals surface area (Å²) in [6.07, 6.45) is 6.45. The van der Waals surface area contributed by atoms with E-state index in [4.69, 9.17) is 19.8 Å². The fourth-order valence-electron chi connectivity index (χ4n) is 6.90. The number of amides is 2. The summed E-state index contributed by atoms with van der Waals surface area (Å²) in [5, 5.41) is 15.1. The SMILES string of the molecule is CCn1nccc1C(=O)N[C@H](c1cn2nc(C[C@H]3C[C@H](C)CNC3=O)c(C3CCOCC3)nc2n1)[C@@H]1CCCC(F)(F)C1. The number of hydrogen-bond acceptors (Lipinski definition) is 7. The Bertz CT molecular complexity index is 1470. The van der Waals surface area contributed by atoms with Crippen LogP contribution in [0.5, 0.6) is 0 Å². The molecule has 0 aromatic carbocycles. The summed E-state index contributed by atoms with van der Waals surface area (Å²) in [7, 11) is 0. The predicted octanol–water partition coefficient (Wildman–Crippen LogP) is 3.85. The van der Waals surface area contributed by atoms with Crippen LogP contribution < -0.4 is 10.6 Å². The fraction of sp³-hybridized carbons (Fsp3) is 0.667. The van der Waals surface area contributed by atoms with E-state index < -0.39 is 23.8 Å². The van der Waals surface area contributed by atoms with E-state index in [9.17, 15) is 18.4 Å². The van der Waals surface area contributed by atoms with Gasteiger partial charge in [0.05, 0.1) is 29.3 Å². The molecule has 0 unspecified atom stereocenters. The van der Waals surface area contributed by atoms with E-state index in [1.807, 2.05) is 6.92 Å². The van der Waals surface area contributed by atoms with Gasteiger partial charge < -0.3 is 15.4 Å². The summed E-state index contributed by atoms with van der Waals surface area (Å²) in [4.78, 5) is 35.9. The zero-order chi connectivity index (χ0) is 30.1. The number of nitrogens with zero attached hydrogens (tertiary/aromatic N) is 6. The van der Waals surface area contributed by atoms with Crippen molar-refractivity contribution in [1.82, 2.24) is 40.0 Å². The number of aromatic nitrogens is 6. The minimum atomic E-state index is -2.81. The first-order chi connectivity index (χ1) is 20.7. The summed E-state index contributed by atoms with van der Waals surface area (Å²) in [6, 6.07) is 0.856. The lowest BCUT2D eigenvalue weighted by atomic mass is 9.80. The number of alkyl halides is 2. The Morgan fingerprint density at radius 2 is 2.07 bits per heavy atom. The summed E-state index contributed by atoms with van der Waals surface area (Å²) < 4.78 is 38.0. The van der Waals surface area contributed by atoms with Crippen LogP contribution >= 0.6 is 0 Å². The second kappa shape index (κ2) is 12.3. The predicted molar refractivity (Wildman–Crippen MR) is 153 cm³/mol. The molecule has 3 fully saturated rings. The Kier molecular flexibility index (Phi) is 8.43. The van der Waals surface area contributed by atoms with Crippen molar-refractivity contribution >= 4 is 17.6 Å². The summed E-state index contributed by atoms with van der Waals surface area (Å²) in [6.45, 7) is 6.42. The van der Waals surface area contributed by atoms with Crippen molar-refractivity contribution in [2.45, 2.75) is 89.6 Å². The van der Waals surface area contributed by atoms with Crippen molar-refractivity contribution in [3.05, 3.63) is 41.2 Å². The quantitative estimate of drug-likeness (QED) is 0.403. The molecule has 2 saturated heterocycles. The molecule has 43 heavy (non-hydrogen) atoms. The Morgan fingerprint density at radius 1 is 1.26 bits per heavy atom. The van der Waals surface area contributed by atoms with Gasteiger partial charge in [-0.25, -0.2) is 23.3 Å². The standard InChI is InChI=1S/C30H40F2N8O3/c1-3-39-24(6-10-34-39)28(42)36-26(20-5-4-9-30(31,32)15-20)23-17-40-29(35-23)37-25(19-7-11-43-12-8-19)22(38-40)14-21-13-18(2)16-33-27(21)41/h6,10,17-21,26H,3-5,7-9,11-16H2,1-2H3,(H,33,41)(H,36,42)/t18-,20+,21+,26-/m0/s1. The van der Waals surface area contributed by atoms with Crippen molar-refractivity contribution < 1.29 is 23.1 Å². The number of carbonyl (C=O) groups is 2. The Balaban J connectivity index is 1.37. The zero-order valence-electron chi connectivity index (χ0n) is 24.8. The van der Waals surface area contributed by atoms with Crippen molar-refractivity contribution in [3.63, 3.8) is 0 Å². The fourth-order valence-corrected chi connectivity index (χ4v) is 6.90. The smallest absolute Gasteiger partial charge is 0.270 e. The summed E-state index contributed by atoms with van der Waals surface area (Å²) in [5.74, 6) is -3.07. The normalized spacial score (nSPS) is 25.4. The topological polar surface area (TPSA) is 128 Å². The average Bonchev–Trinajstić information content (AvgIpc) is 3.64. The van der Waals surface area contributed by atoms with E-state index in [1.165, 1.54) is 0 Å². The number of halogens is 2. The molecule has 232 valence electrons. The largest absolute Gasteiger partial charge is 0.381 e. The molecule has 2 N–H and O–H groups in total. The molecule has 0 bridgehead atoms. The highest BCUT2D eigenvalue weighted by molar-refractivity contribution is 5.92.